The van der Waals surface area contributed by atoms with Crippen molar-refractivity contribution in [2.45, 2.75) is 13.0 Å². The van der Waals surface area contributed by atoms with E-state index >= 15 is 0 Å². The van der Waals surface area contributed by atoms with E-state index in [1.54, 1.807) is 12.4 Å². The summed E-state index contributed by atoms with van der Waals surface area (Å²) in [6, 6.07) is 5.96. The SMILES string of the molecule is CC(CN)Nc1ncc(-c2ccc3ncoc3c2)cn1. The summed E-state index contributed by atoms with van der Waals surface area (Å²) in [5.74, 6) is 0.576. The van der Waals surface area contributed by atoms with Crippen molar-refractivity contribution in [2.75, 3.05) is 11.9 Å². The first-order valence-corrected chi connectivity index (χ1v) is 6.38. The molecule has 0 aliphatic carbocycles. The second kappa shape index (κ2) is 5.26. The first kappa shape index (κ1) is 12.6. The molecule has 1 unspecified atom stereocenters. The molecule has 3 rings (SSSR count). The maximum absolute atomic E-state index is 5.55. The van der Waals surface area contributed by atoms with Crippen LogP contribution in [0.1, 0.15) is 6.92 Å². The molecule has 0 bridgehead atoms. The van der Waals surface area contributed by atoms with Crippen LogP contribution in [0.15, 0.2) is 41.4 Å². The second-order valence-corrected chi connectivity index (χ2v) is 4.61. The van der Waals surface area contributed by atoms with Crippen molar-refractivity contribution >= 4 is 17.0 Å². The Morgan fingerprint density at radius 3 is 2.75 bits per heavy atom. The lowest BCUT2D eigenvalue weighted by Gasteiger charge is -2.10. The molecule has 102 valence electrons. The molecule has 0 amide bonds. The molecule has 0 aliphatic rings. The van der Waals surface area contributed by atoms with E-state index < -0.39 is 0 Å². The van der Waals surface area contributed by atoms with Crippen LogP contribution in [0.2, 0.25) is 0 Å². The van der Waals surface area contributed by atoms with Crippen LogP contribution < -0.4 is 11.1 Å². The number of nitrogens with one attached hydrogen (secondary N) is 1. The highest BCUT2D eigenvalue weighted by atomic mass is 16.3. The van der Waals surface area contributed by atoms with Gasteiger partial charge in [-0.2, -0.15) is 0 Å². The largest absolute Gasteiger partial charge is 0.443 e. The summed E-state index contributed by atoms with van der Waals surface area (Å²) in [6.45, 7) is 2.52. The van der Waals surface area contributed by atoms with Crippen LogP contribution in [0, 0.1) is 0 Å². The number of aromatic nitrogens is 3. The first-order chi connectivity index (χ1) is 9.76. The Morgan fingerprint density at radius 1 is 1.20 bits per heavy atom. The standard InChI is InChI=1S/C14H15N5O/c1-9(5-15)19-14-16-6-11(7-17-14)10-2-3-12-13(4-10)20-8-18-12/h2-4,6-9H,5,15H2,1H3,(H,16,17,19). The zero-order chi connectivity index (χ0) is 13.9. The minimum atomic E-state index is 0.145. The van der Waals surface area contributed by atoms with Gasteiger partial charge in [0.05, 0.1) is 0 Å². The van der Waals surface area contributed by atoms with E-state index in [1.165, 1.54) is 6.39 Å². The van der Waals surface area contributed by atoms with Gasteiger partial charge < -0.3 is 15.5 Å². The van der Waals surface area contributed by atoms with E-state index in [9.17, 15) is 0 Å². The predicted octanol–water partition coefficient (Wildman–Crippen LogP) is 2.04. The summed E-state index contributed by atoms with van der Waals surface area (Å²) in [5.41, 5.74) is 9.06. The van der Waals surface area contributed by atoms with Gasteiger partial charge in [-0.3, -0.25) is 0 Å². The van der Waals surface area contributed by atoms with Crippen molar-refractivity contribution in [1.82, 2.24) is 15.0 Å². The molecular formula is C14H15N5O. The Balaban J connectivity index is 1.86. The quantitative estimate of drug-likeness (QED) is 0.753. The lowest BCUT2D eigenvalue weighted by atomic mass is 10.1. The lowest BCUT2D eigenvalue weighted by molar-refractivity contribution is 0.602. The first-order valence-electron chi connectivity index (χ1n) is 6.38. The van der Waals surface area contributed by atoms with Crippen molar-refractivity contribution < 1.29 is 4.42 Å². The molecule has 0 saturated carbocycles. The number of oxazole rings is 1. The van der Waals surface area contributed by atoms with Crippen LogP contribution in [0.3, 0.4) is 0 Å². The zero-order valence-corrected chi connectivity index (χ0v) is 11.1. The van der Waals surface area contributed by atoms with Crippen molar-refractivity contribution in [3.05, 3.63) is 37.0 Å². The van der Waals surface area contributed by atoms with Gasteiger partial charge in [0.15, 0.2) is 12.0 Å². The number of fused-ring (bicyclic) bond motifs is 1. The lowest BCUT2D eigenvalue weighted by Crippen LogP contribution is -2.26. The van der Waals surface area contributed by atoms with Gasteiger partial charge in [0.1, 0.15) is 5.52 Å². The van der Waals surface area contributed by atoms with Crippen LogP contribution in [-0.4, -0.2) is 27.5 Å². The molecule has 1 atom stereocenters. The number of anilines is 1. The molecule has 0 spiro atoms. The Morgan fingerprint density at radius 2 is 2.00 bits per heavy atom. The molecule has 3 N–H and O–H groups in total. The maximum atomic E-state index is 5.55. The van der Waals surface area contributed by atoms with Crippen molar-refractivity contribution in [3.8, 4) is 11.1 Å². The van der Waals surface area contributed by atoms with Crippen molar-refractivity contribution in [3.63, 3.8) is 0 Å². The molecule has 2 aromatic heterocycles. The summed E-state index contributed by atoms with van der Waals surface area (Å²) in [5, 5.41) is 3.12. The second-order valence-electron chi connectivity index (χ2n) is 4.61. The molecule has 3 aromatic rings. The molecular weight excluding hydrogens is 254 g/mol. The van der Waals surface area contributed by atoms with Gasteiger partial charge in [-0.05, 0) is 24.6 Å². The van der Waals surface area contributed by atoms with E-state index in [0.29, 0.717) is 12.5 Å². The minimum absolute atomic E-state index is 0.145. The smallest absolute Gasteiger partial charge is 0.222 e. The third kappa shape index (κ3) is 2.46. The zero-order valence-electron chi connectivity index (χ0n) is 11.1. The number of hydrogen-bond acceptors (Lipinski definition) is 6. The minimum Gasteiger partial charge on any atom is -0.443 e. The fraction of sp³-hybridized carbons (Fsp3) is 0.214. The summed E-state index contributed by atoms with van der Waals surface area (Å²) in [7, 11) is 0. The van der Waals surface area contributed by atoms with Gasteiger partial charge in [-0.25, -0.2) is 15.0 Å². The van der Waals surface area contributed by atoms with E-state index in [1.807, 2.05) is 25.1 Å². The van der Waals surface area contributed by atoms with Gasteiger partial charge in [0, 0.05) is 30.5 Å². The van der Waals surface area contributed by atoms with Crippen molar-refractivity contribution in [1.29, 1.82) is 0 Å². The highest BCUT2D eigenvalue weighted by molar-refractivity contribution is 5.79. The molecule has 0 radical (unpaired) electrons. The summed E-state index contributed by atoms with van der Waals surface area (Å²) in [4.78, 5) is 12.7. The number of nitrogens with zero attached hydrogens (tertiary/aromatic N) is 3. The number of nitrogens with two attached hydrogens (primary N) is 1. The van der Waals surface area contributed by atoms with Gasteiger partial charge >= 0.3 is 0 Å². The monoisotopic (exact) mass is 269 g/mol. The summed E-state index contributed by atoms with van der Waals surface area (Å²) >= 11 is 0. The topological polar surface area (TPSA) is 89.9 Å². The Hall–Kier alpha value is -2.47. The Labute approximate surface area is 116 Å². The normalized spacial score (nSPS) is 12.5. The molecule has 0 aliphatic heterocycles. The molecule has 20 heavy (non-hydrogen) atoms. The van der Waals surface area contributed by atoms with Crippen molar-refractivity contribution in [2.24, 2.45) is 5.73 Å². The summed E-state index contributed by atoms with van der Waals surface area (Å²) in [6.07, 6.45) is 4.98. The number of hydrogen-bond donors (Lipinski definition) is 2. The molecule has 1 aromatic carbocycles. The van der Waals surface area contributed by atoms with E-state index in [0.717, 1.165) is 22.2 Å². The predicted molar refractivity (Wildman–Crippen MR) is 77.2 cm³/mol. The van der Waals surface area contributed by atoms with Gasteiger partial charge in [-0.15, -0.1) is 0 Å². The fourth-order valence-electron chi connectivity index (χ4n) is 1.87. The Bertz CT molecular complexity index is 707. The number of rotatable bonds is 4. The van der Waals surface area contributed by atoms with Crippen LogP contribution in [0.4, 0.5) is 5.95 Å². The average molecular weight is 269 g/mol. The van der Waals surface area contributed by atoms with Gasteiger partial charge in [-0.1, -0.05) is 6.07 Å². The molecule has 2 heterocycles. The Kier molecular flexibility index (Phi) is 3.30. The van der Waals surface area contributed by atoms with E-state index in [2.05, 4.69) is 20.3 Å². The molecule has 0 saturated heterocycles. The third-order valence-electron chi connectivity index (χ3n) is 3.05. The molecule has 6 heteroatoms. The molecule has 0 fully saturated rings. The van der Waals surface area contributed by atoms with Crippen LogP contribution in [-0.2, 0) is 0 Å². The summed E-state index contributed by atoms with van der Waals surface area (Å²) < 4.78 is 5.29. The highest BCUT2D eigenvalue weighted by Crippen LogP contribution is 2.23. The maximum Gasteiger partial charge on any atom is 0.222 e. The highest BCUT2D eigenvalue weighted by Gasteiger charge is 2.05. The average Bonchev–Trinajstić information content (AvgIpc) is 2.95. The van der Waals surface area contributed by atoms with Gasteiger partial charge in [0.2, 0.25) is 5.95 Å². The van der Waals surface area contributed by atoms with E-state index in [-0.39, 0.29) is 6.04 Å². The van der Waals surface area contributed by atoms with Crippen LogP contribution >= 0.6 is 0 Å². The number of benzene rings is 1. The van der Waals surface area contributed by atoms with E-state index in [4.69, 9.17) is 10.2 Å². The van der Waals surface area contributed by atoms with Crippen LogP contribution in [0.5, 0.6) is 0 Å². The third-order valence-corrected chi connectivity index (χ3v) is 3.05. The fourth-order valence-corrected chi connectivity index (χ4v) is 1.87. The van der Waals surface area contributed by atoms with Crippen LogP contribution in [0.25, 0.3) is 22.2 Å². The molecule has 6 nitrogen and oxygen atoms in total. The van der Waals surface area contributed by atoms with Gasteiger partial charge in [0.25, 0.3) is 0 Å².